The van der Waals surface area contributed by atoms with Gasteiger partial charge in [-0.25, -0.2) is 0 Å². The average Bonchev–Trinajstić information content (AvgIpc) is 2.21. The summed E-state index contributed by atoms with van der Waals surface area (Å²) in [5, 5.41) is 17.3. The number of nitrogens with zero attached hydrogens (tertiary/aromatic N) is 1. The molecular formula is C12H13NO2. The van der Waals surface area contributed by atoms with Crippen LogP contribution in [-0.4, -0.2) is 10.9 Å². The number of Topliss-reactive ketones (excluding diaryl/α,β-unsaturated/α-hetero) is 1. The first-order valence-corrected chi connectivity index (χ1v) is 4.89. The number of hydrogen-bond acceptors (Lipinski definition) is 3. The highest BCUT2D eigenvalue weighted by Gasteiger charge is 2.01. The Morgan fingerprint density at radius 1 is 1.33 bits per heavy atom. The lowest BCUT2D eigenvalue weighted by molar-refractivity contribution is -0.118. The number of rotatable bonds is 5. The van der Waals surface area contributed by atoms with Crippen molar-refractivity contribution < 1.29 is 9.90 Å². The maximum Gasteiger partial charge on any atom is 0.146 e. The van der Waals surface area contributed by atoms with Gasteiger partial charge in [0.2, 0.25) is 0 Å². The lowest BCUT2D eigenvalue weighted by Crippen LogP contribution is -1.96. The third kappa shape index (κ3) is 4.28. The Balaban J connectivity index is 2.29. The van der Waals surface area contributed by atoms with Crippen LogP contribution in [0.3, 0.4) is 0 Å². The van der Waals surface area contributed by atoms with E-state index in [1.165, 1.54) is 0 Å². The van der Waals surface area contributed by atoms with Crippen LogP contribution in [0.1, 0.15) is 24.8 Å². The SMILES string of the molecule is N#CCC(=O)CCCc1ccc(O)cc1. The largest absolute Gasteiger partial charge is 0.508 e. The van der Waals surface area contributed by atoms with Gasteiger partial charge in [0, 0.05) is 6.42 Å². The number of benzene rings is 1. The predicted octanol–water partition coefficient (Wildman–Crippen LogP) is 2.20. The molecule has 0 spiro atoms. The molecule has 0 bridgehead atoms. The molecule has 0 aromatic heterocycles. The molecule has 0 fully saturated rings. The lowest BCUT2D eigenvalue weighted by Gasteiger charge is -2.00. The lowest BCUT2D eigenvalue weighted by atomic mass is 10.1. The maximum atomic E-state index is 11.0. The summed E-state index contributed by atoms with van der Waals surface area (Å²) in [6, 6.07) is 8.78. The zero-order valence-corrected chi connectivity index (χ0v) is 8.44. The number of nitriles is 1. The van der Waals surface area contributed by atoms with Gasteiger partial charge in [-0.15, -0.1) is 0 Å². The minimum absolute atomic E-state index is 0.00345. The van der Waals surface area contributed by atoms with Crippen LogP contribution in [0.25, 0.3) is 0 Å². The van der Waals surface area contributed by atoms with E-state index < -0.39 is 0 Å². The number of carbonyl (C=O) groups excluding carboxylic acids is 1. The van der Waals surface area contributed by atoms with Crippen molar-refractivity contribution in [2.45, 2.75) is 25.7 Å². The van der Waals surface area contributed by atoms with Crippen LogP contribution < -0.4 is 0 Å². The fourth-order valence-electron chi connectivity index (χ4n) is 1.33. The van der Waals surface area contributed by atoms with E-state index in [4.69, 9.17) is 10.4 Å². The number of phenolic OH excluding ortho intramolecular Hbond substituents is 1. The molecule has 0 saturated heterocycles. The Hall–Kier alpha value is -1.82. The van der Waals surface area contributed by atoms with E-state index in [2.05, 4.69) is 0 Å². The summed E-state index contributed by atoms with van der Waals surface area (Å²) < 4.78 is 0. The van der Waals surface area contributed by atoms with Crippen molar-refractivity contribution in [3.63, 3.8) is 0 Å². The van der Waals surface area contributed by atoms with Gasteiger partial charge in [-0.3, -0.25) is 4.79 Å². The van der Waals surface area contributed by atoms with Crippen molar-refractivity contribution in [1.82, 2.24) is 0 Å². The summed E-state index contributed by atoms with van der Waals surface area (Å²) in [4.78, 5) is 11.0. The fraction of sp³-hybridized carbons (Fsp3) is 0.333. The first-order chi connectivity index (χ1) is 7.22. The Morgan fingerprint density at radius 2 is 2.00 bits per heavy atom. The smallest absolute Gasteiger partial charge is 0.146 e. The molecule has 1 rings (SSSR count). The second kappa shape index (κ2) is 5.82. The normalized spacial score (nSPS) is 9.53. The van der Waals surface area contributed by atoms with Crippen molar-refractivity contribution in [3.05, 3.63) is 29.8 Å². The minimum atomic E-state index is -0.00345. The Labute approximate surface area is 89.0 Å². The molecule has 78 valence electrons. The van der Waals surface area contributed by atoms with Crippen molar-refractivity contribution in [2.24, 2.45) is 0 Å². The summed E-state index contributed by atoms with van der Waals surface area (Å²) >= 11 is 0. The number of carbonyl (C=O) groups is 1. The Kier molecular flexibility index (Phi) is 4.36. The van der Waals surface area contributed by atoms with Gasteiger partial charge in [0.05, 0.1) is 12.5 Å². The minimum Gasteiger partial charge on any atom is -0.508 e. The van der Waals surface area contributed by atoms with Gasteiger partial charge in [0.1, 0.15) is 11.5 Å². The molecule has 3 heteroatoms. The number of aromatic hydroxyl groups is 1. The molecule has 15 heavy (non-hydrogen) atoms. The third-order valence-corrected chi connectivity index (χ3v) is 2.13. The second-order valence-electron chi connectivity index (χ2n) is 3.39. The molecule has 0 unspecified atom stereocenters. The number of aryl methyl sites for hydroxylation is 1. The van der Waals surface area contributed by atoms with E-state index >= 15 is 0 Å². The number of phenols is 1. The summed E-state index contributed by atoms with van der Waals surface area (Å²) in [7, 11) is 0. The van der Waals surface area contributed by atoms with E-state index in [0.717, 1.165) is 18.4 Å². The van der Waals surface area contributed by atoms with Crippen LogP contribution in [0, 0.1) is 11.3 Å². The average molecular weight is 203 g/mol. The van der Waals surface area contributed by atoms with Gasteiger partial charge in [-0.2, -0.15) is 5.26 Å². The highest BCUT2D eigenvalue weighted by molar-refractivity contribution is 5.80. The molecule has 1 aromatic rings. The predicted molar refractivity (Wildman–Crippen MR) is 56.3 cm³/mol. The highest BCUT2D eigenvalue weighted by Crippen LogP contribution is 2.12. The first kappa shape index (κ1) is 11.3. The van der Waals surface area contributed by atoms with E-state index in [-0.39, 0.29) is 18.0 Å². The molecule has 0 radical (unpaired) electrons. The maximum absolute atomic E-state index is 11.0. The standard InChI is InChI=1S/C12H13NO2/c13-9-8-11(14)3-1-2-10-4-6-12(15)7-5-10/h4-7,15H,1-3,8H2. The molecule has 0 aliphatic heterocycles. The van der Waals surface area contributed by atoms with Crippen LogP contribution >= 0.6 is 0 Å². The van der Waals surface area contributed by atoms with Gasteiger partial charge in [-0.05, 0) is 30.5 Å². The molecule has 0 aliphatic rings. The number of ketones is 1. The van der Waals surface area contributed by atoms with E-state index in [0.29, 0.717) is 6.42 Å². The quantitative estimate of drug-likeness (QED) is 0.797. The topological polar surface area (TPSA) is 61.1 Å². The molecular weight excluding hydrogens is 190 g/mol. The Bertz CT molecular complexity index is 362. The zero-order chi connectivity index (χ0) is 11.1. The summed E-state index contributed by atoms with van der Waals surface area (Å²) in [6.45, 7) is 0. The third-order valence-electron chi connectivity index (χ3n) is 2.13. The van der Waals surface area contributed by atoms with E-state index in [1.54, 1.807) is 12.1 Å². The highest BCUT2D eigenvalue weighted by atomic mass is 16.3. The van der Waals surface area contributed by atoms with Crippen molar-refractivity contribution >= 4 is 5.78 Å². The first-order valence-electron chi connectivity index (χ1n) is 4.89. The molecule has 0 aliphatic carbocycles. The van der Waals surface area contributed by atoms with Gasteiger partial charge in [0.15, 0.2) is 0 Å². The van der Waals surface area contributed by atoms with Crippen molar-refractivity contribution in [1.29, 1.82) is 5.26 Å². The van der Waals surface area contributed by atoms with Crippen LogP contribution in [0.4, 0.5) is 0 Å². The van der Waals surface area contributed by atoms with Crippen molar-refractivity contribution in [2.75, 3.05) is 0 Å². The second-order valence-corrected chi connectivity index (χ2v) is 3.39. The molecule has 1 aromatic carbocycles. The monoisotopic (exact) mass is 203 g/mol. The molecule has 0 saturated carbocycles. The molecule has 3 nitrogen and oxygen atoms in total. The summed E-state index contributed by atoms with van der Waals surface area (Å²) in [6.07, 6.45) is 2.02. The number of hydrogen-bond donors (Lipinski definition) is 1. The van der Waals surface area contributed by atoms with Gasteiger partial charge < -0.3 is 5.11 Å². The summed E-state index contributed by atoms with van der Waals surface area (Å²) in [5.41, 5.74) is 1.09. The summed E-state index contributed by atoms with van der Waals surface area (Å²) in [5.74, 6) is 0.246. The van der Waals surface area contributed by atoms with Crippen LogP contribution in [0.15, 0.2) is 24.3 Å². The Morgan fingerprint density at radius 3 is 2.60 bits per heavy atom. The molecule has 0 heterocycles. The van der Waals surface area contributed by atoms with Crippen LogP contribution in [0.2, 0.25) is 0 Å². The molecule has 1 N–H and O–H groups in total. The zero-order valence-electron chi connectivity index (χ0n) is 8.44. The molecule has 0 amide bonds. The van der Waals surface area contributed by atoms with E-state index in [9.17, 15) is 4.79 Å². The van der Waals surface area contributed by atoms with Crippen molar-refractivity contribution in [3.8, 4) is 11.8 Å². The van der Waals surface area contributed by atoms with E-state index in [1.807, 2.05) is 18.2 Å². The van der Waals surface area contributed by atoms with Gasteiger partial charge in [0.25, 0.3) is 0 Å². The van der Waals surface area contributed by atoms with Gasteiger partial charge >= 0.3 is 0 Å². The van der Waals surface area contributed by atoms with Crippen LogP contribution in [0.5, 0.6) is 5.75 Å². The fourth-order valence-corrected chi connectivity index (χ4v) is 1.33. The van der Waals surface area contributed by atoms with Crippen LogP contribution in [-0.2, 0) is 11.2 Å². The molecule has 0 atom stereocenters. The van der Waals surface area contributed by atoms with Gasteiger partial charge in [-0.1, -0.05) is 12.1 Å².